The second-order valence-corrected chi connectivity index (χ2v) is 6.51. The highest BCUT2D eigenvalue weighted by atomic mass is 32.2. The Balaban J connectivity index is 2.21. The van der Waals surface area contributed by atoms with E-state index in [9.17, 15) is 19.5 Å². The van der Waals surface area contributed by atoms with Crippen LogP contribution in [0.25, 0.3) is 0 Å². The lowest BCUT2D eigenvalue weighted by Crippen LogP contribution is -2.44. The first-order chi connectivity index (χ1) is 10.8. The molecule has 124 valence electrons. The smallest absolute Gasteiger partial charge is 0.336 e. The molecule has 2 N–H and O–H groups in total. The zero-order valence-corrected chi connectivity index (χ0v) is 14.2. The molecule has 7 heteroatoms. The third-order valence-corrected chi connectivity index (χ3v) is 4.88. The summed E-state index contributed by atoms with van der Waals surface area (Å²) < 4.78 is 0. The van der Waals surface area contributed by atoms with Crippen molar-refractivity contribution >= 4 is 35.2 Å². The molecule has 23 heavy (non-hydrogen) atoms. The van der Waals surface area contributed by atoms with Crippen molar-refractivity contribution in [1.82, 2.24) is 4.90 Å². The standard InChI is InChI=1S/C16H20N2O4S/c1-4-14(19)18-8-23-7-13(18)15(20)17-12-6-11(16(21)22)9(2)5-10(12)3/h5-6,13H,4,7-8H2,1-3H3,(H,17,20)(H,21,22). The largest absolute Gasteiger partial charge is 0.478 e. The zero-order valence-electron chi connectivity index (χ0n) is 13.4. The van der Waals surface area contributed by atoms with Crippen LogP contribution in [-0.2, 0) is 9.59 Å². The van der Waals surface area contributed by atoms with Gasteiger partial charge < -0.3 is 15.3 Å². The van der Waals surface area contributed by atoms with Crippen LogP contribution in [0.15, 0.2) is 12.1 Å². The van der Waals surface area contributed by atoms with Crippen molar-refractivity contribution in [2.75, 3.05) is 16.9 Å². The number of aromatic carboxylic acids is 1. The van der Waals surface area contributed by atoms with Crippen molar-refractivity contribution in [2.45, 2.75) is 33.2 Å². The van der Waals surface area contributed by atoms with E-state index in [4.69, 9.17) is 0 Å². The average Bonchev–Trinajstić information content (AvgIpc) is 2.98. The highest BCUT2D eigenvalue weighted by molar-refractivity contribution is 7.99. The van der Waals surface area contributed by atoms with E-state index in [0.717, 1.165) is 5.56 Å². The molecule has 1 fully saturated rings. The number of anilines is 1. The van der Waals surface area contributed by atoms with Crippen molar-refractivity contribution in [1.29, 1.82) is 0 Å². The van der Waals surface area contributed by atoms with Crippen LogP contribution < -0.4 is 5.32 Å². The molecule has 1 unspecified atom stereocenters. The van der Waals surface area contributed by atoms with Crippen molar-refractivity contribution in [2.24, 2.45) is 0 Å². The number of thioether (sulfide) groups is 1. The number of carboxylic acids is 1. The number of carboxylic acid groups (broad SMARTS) is 1. The molecule has 1 aliphatic heterocycles. The molecule has 2 rings (SSSR count). The molecule has 1 heterocycles. The third kappa shape index (κ3) is 3.67. The van der Waals surface area contributed by atoms with Crippen molar-refractivity contribution in [3.63, 3.8) is 0 Å². The van der Waals surface area contributed by atoms with Gasteiger partial charge in [-0.05, 0) is 31.0 Å². The van der Waals surface area contributed by atoms with Gasteiger partial charge in [0.05, 0.1) is 11.4 Å². The summed E-state index contributed by atoms with van der Waals surface area (Å²) in [6.45, 7) is 5.30. The molecule has 0 bridgehead atoms. The number of hydrogen-bond acceptors (Lipinski definition) is 4. The minimum absolute atomic E-state index is 0.0537. The van der Waals surface area contributed by atoms with Crippen LogP contribution >= 0.6 is 11.8 Å². The fraction of sp³-hybridized carbons (Fsp3) is 0.438. The Morgan fingerprint density at radius 1 is 1.30 bits per heavy atom. The predicted molar refractivity (Wildman–Crippen MR) is 89.8 cm³/mol. The highest BCUT2D eigenvalue weighted by Gasteiger charge is 2.34. The molecule has 1 aromatic rings. The summed E-state index contributed by atoms with van der Waals surface area (Å²) in [7, 11) is 0. The van der Waals surface area contributed by atoms with Crippen LogP contribution in [0.3, 0.4) is 0 Å². The van der Waals surface area contributed by atoms with Crippen LogP contribution in [0, 0.1) is 13.8 Å². The van der Waals surface area contributed by atoms with E-state index in [2.05, 4.69) is 5.32 Å². The topological polar surface area (TPSA) is 86.7 Å². The number of carbonyl (C=O) groups excluding carboxylic acids is 2. The van der Waals surface area contributed by atoms with Crippen molar-refractivity contribution in [3.05, 3.63) is 28.8 Å². The van der Waals surface area contributed by atoms with Gasteiger partial charge in [-0.15, -0.1) is 11.8 Å². The normalized spacial score (nSPS) is 17.2. The molecule has 0 saturated carbocycles. The first-order valence-electron chi connectivity index (χ1n) is 7.37. The molecule has 6 nitrogen and oxygen atoms in total. The van der Waals surface area contributed by atoms with Gasteiger partial charge in [0.1, 0.15) is 6.04 Å². The summed E-state index contributed by atoms with van der Waals surface area (Å²) in [5.41, 5.74) is 2.07. The maximum atomic E-state index is 12.5. The molecule has 0 aromatic heterocycles. The summed E-state index contributed by atoms with van der Waals surface area (Å²) in [5, 5.41) is 12.0. The number of rotatable bonds is 4. The molecule has 0 radical (unpaired) electrons. The Kier molecular flexibility index (Phi) is 5.30. The molecular weight excluding hydrogens is 316 g/mol. The van der Waals surface area contributed by atoms with Gasteiger partial charge in [0, 0.05) is 17.9 Å². The quantitative estimate of drug-likeness (QED) is 0.881. The Hall–Kier alpha value is -2.02. The highest BCUT2D eigenvalue weighted by Crippen LogP contribution is 2.25. The van der Waals surface area contributed by atoms with Crippen molar-refractivity contribution < 1.29 is 19.5 Å². The molecule has 1 atom stereocenters. The second kappa shape index (κ2) is 7.04. The Bertz CT molecular complexity index is 660. The number of benzene rings is 1. The van der Waals surface area contributed by atoms with Gasteiger partial charge in [0.15, 0.2) is 0 Å². The lowest BCUT2D eigenvalue weighted by molar-refractivity contribution is -0.135. The van der Waals surface area contributed by atoms with Gasteiger partial charge in [-0.1, -0.05) is 13.0 Å². The summed E-state index contributed by atoms with van der Waals surface area (Å²) >= 11 is 1.54. The van der Waals surface area contributed by atoms with Crippen LogP contribution in [-0.4, -0.2) is 45.5 Å². The average molecular weight is 336 g/mol. The molecule has 1 aliphatic rings. The Labute approximate surface area is 139 Å². The maximum absolute atomic E-state index is 12.5. The first kappa shape index (κ1) is 17.3. The second-order valence-electron chi connectivity index (χ2n) is 5.51. The van der Waals surface area contributed by atoms with E-state index in [0.29, 0.717) is 29.3 Å². The zero-order chi connectivity index (χ0) is 17.1. The predicted octanol–water partition coefficient (Wildman–Crippen LogP) is 2.25. The van der Waals surface area contributed by atoms with Gasteiger partial charge in [0.25, 0.3) is 0 Å². The van der Waals surface area contributed by atoms with E-state index in [1.807, 2.05) is 6.92 Å². The van der Waals surface area contributed by atoms with Crippen LogP contribution in [0.4, 0.5) is 5.69 Å². The van der Waals surface area contributed by atoms with Gasteiger partial charge in [0.2, 0.25) is 11.8 Å². The SMILES string of the molecule is CCC(=O)N1CSCC1C(=O)Nc1cc(C(=O)O)c(C)cc1C. The van der Waals surface area contributed by atoms with Crippen LogP contribution in [0.1, 0.15) is 34.8 Å². The minimum atomic E-state index is -1.03. The lowest BCUT2D eigenvalue weighted by Gasteiger charge is -2.23. The van der Waals surface area contributed by atoms with Gasteiger partial charge >= 0.3 is 5.97 Å². The number of amides is 2. The molecule has 0 aliphatic carbocycles. The molecule has 0 spiro atoms. The minimum Gasteiger partial charge on any atom is -0.478 e. The number of carbonyl (C=O) groups is 3. The van der Waals surface area contributed by atoms with E-state index in [1.165, 1.54) is 17.8 Å². The number of nitrogens with one attached hydrogen (secondary N) is 1. The lowest BCUT2D eigenvalue weighted by atomic mass is 10.0. The number of hydrogen-bond donors (Lipinski definition) is 2. The van der Waals surface area contributed by atoms with Crippen LogP contribution in [0.2, 0.25) is 0 Å². The number of aryl methyl sites for hydroxylation is 2. The molecule has 1 aromatic carbocycles. The monoisotopic (exact) mass is 336 g/mol. The molecule has 2 amide bonds. The van der Waals surface area contributed by atoms with Crippen molar-refractivity contribution in [3.8, 4) is 0 Å². The molecular formula is C16H20N2O4S. The van der Waals surface area contributed by atoms with E-state index < -0.39 is 12.0 Å². The van der Waals surface area contributed by atoms with E-state index in [1.54, 1.807) is 24.8 Å². The third-order valence-electron chi connectivity index (χ3n) is 3.87. The van der Waals surface area contributed by atoms with Gasteiger partial charge in [-0.3, -0.25) is 9.59 Å². The molecule has 1 saturated heterocycles. The summed E-state index contributed by atoms with van der Waals surface area (Å²) in [6.07, 6.45) is 0.358. The van der Waals surface area contributed by atoms with Gasteiger partial charge in [-0.25, -0.2) is 4.79 Å². The maximum Gasteiger partial charge on any atom is 0.336 e. The fourth-order valence-electron chi connectivity index (χ4n) is 2.54. The summed E-state index contributed by atoms with van der Waals surface area (Å²) in [4.78, 5) is 37.2. The summed E-state index contributed by atoms with van der Waals surface area (Å²) in [5.74, 6) is -0.300. The van der Waals surface area contributed by atoms with E-state index in [-0.39, 0.29) is 17.4 Å². The van der Waals surface area contributed by atoms with Crippen LogP contribution in [0.5, 0.6) is 0 Å². The summed E-state index contributed by atoms with van der Waals surface area (Å²) in [6, 6.07) is 2.69. The Morgan fingerprint density at radius 3 is 2.61 bits per heavy atom. The fourth-order valence-corrected chi connectivity index (χ4v) is 3.72. The number of nitrogens with zero attached hydrogens (tertiary/aromatic N) is 1. The Morgan fingerprint density at radius 2 is 2.00 bits per heavy atom. The first-order valence-corrected chi connectivity index (χ1v) is 8.53. The van der Waals surface area contributed by atoms with E-state index >= 15 is 0 Å². The van der Waals surface area contributed by atoms with Gasteiger partial charge in [-0.2, -0.15) is 0 Å².